The molecule has 3 N–H and O–H groups in total. The van der Waals surface area contributed by atoms with Crippen molar-refractivity contribution in [2.45, 2.75) is 6.54 Å². The van der Waals surface area contributed by atoms with Crippen molar-refractivity contribution in [2.24, 2.45) is 0 Å². The van der Waals surface area contributed by atoms with Crippen molar-refractivity contribution in [2.75, 3.05) is 5.73 Å². The number of nitrogens with two attached hydrogens (primary N) is 1. The van der Waals surface area contributed by atoms with Crippen molar-refractivity contribution >= 4 is 22.5 Å². The van der Waals surface area contributed by atoms with Gasteiger partial charge in [-0.1, -0.05) is 24.3 Å². The molecule has 0 aliphatic carbocycles. The highest BCUT2D eigenvalue weighted by Crippen LogP contribution is 2.14. The first kappa shape index (κ1) is 13.1. The fraction of sp³-hybridized carbons (Fsp3) is 0.0588. The number of nitrogens with zero attached hydrogens (tertiary/aromatic N) is 1. The molecule has 3 aromatic rings. The van der Waals surface area contributed by atoms with Gasteiger partial charge in [0.25, 0.3) is 5.91 Å². The third-order valence-corrected chi connectivity index (χ3v) is 3.33. The fourth-order valence-corrected chi connectivity index (χ4v) is 2.22. The maximum Gasteiger partial charge on any atom is 0.253 e. The van der Waals surface area contributed by atoms with Gasteiger partial charge in [0.1, 0.15) is 0 Å². The van der Waals surface area contributed by atoms with Crippen molar-refractivity contribution in [1.82, 2.24) is 10.3 Å². The van der Waals surface area contributed by atoms with E-state index in [0.717, 1.165) is 16.5 Å². The maximum absolute atomic E-state index is 12.1. The predicted octanol–water partition coefficient (Wildman–Crippen LogP) is 2.75. The zero-order chi connectivity index (χ0) is 14.7. The van der Waals surface area contributed by atoms with Crippen LogP contribution in [0.2, 0.25) is 0 Å². The topological polar surface area (TPSA) is 68.0 Å². The van der Waals surface area contributed by atoms with Gasteiger partial charge in [0, 0.05) is 23.8 Å². The van der Waals surface area contributed by atoms with Crippen LogP contribution in [0.15, 0.2) is 60.8 Å². The molecule has 1 aromatic heterocycles. The molecule has 0 atom stereocenters. The fourth-order valence-electron chi connectivity index (χ4n) is 2.22. The Morgan fingerprint density at radius 1 is 1.10 bits per heavy atom. The Balaban J connectivity index is 1.74. The molecule has 0 aliphatic rings. The number of hydrogen-bond acceptors (Lipinski definition) is 3. The van der Waals surface area contributed by atoms with Gasteiger partial charge in [-0.05, 0) is 35.9 Å². The molecule has 104 valence electrons. The number of nitrogens with one attached hydrogen (secondary N) is 1. The van der Waals surface area contributed by atoms with Crippen molar-refractivity contribution in [3.05, 3.63) is 71.9 Å². The van der Waals surface area contributed by atoms with Crippen LogP contribution in [0.4, 0.5) is 5.69 Å². The van der Waals surface area contributed by atoms with Gasteiger partial charge in [0.2, 0.25) is 0 Å². The summed E-state index contributed by atoms with van der Waals surface area (Å²) >= 11 is 0. The minimum atomic E-state index is -0.167. The second-order valence-corrected chi connectivity index (χ2v) is 4.80. The predicted molar refractivity (Wildman–Crippen MR) is 83.8 cm³/mol. The van der Waals surface area contributed by atoms with Gasteiger partial charge >= 0.3 is 0 Å². The third kappa shape index (κ3) is 2.84. The number of anilines is 1. The van der Waals surface area contributed by atoms with E-state index >= 15 is 0 Å². The quantitative estimate of drug-likeness (QED) is 0.723. The molecule has 0 saturated heterocycles. The number of hydrogen-bond donors (Lipinski definition) is 2. The minimum absolute atomic E-state index is 0.167. The Labute approximate surface area is 122 Å². The van der Waals surface area contributed by atoms with E-state index in [9.17, 15) is 4.79 Å². The van der Waals surface area contributed by atoms with Crippen LogP contribution in [0.5, 0.6) is 0 Å². The third-order valence-electron chi connectivity index (χ3n) is 3.33. The number of pyridine rings is 1. The number of nitrogen functional groups attached to an aromatic ring is 1. The first-order valence-corrected chi connectivity index (χ1v) is 6.70. The van der Waals surface area contributed by atoms with Crippen LogP contribution in [0, 0.1) is 0 Å². The van der Waals surface area contributed by atoms with Crippen molar-refractivity contribution in [3.63, 3.8) is 0 Å². The molecule has 0 bridgehead atoms. The maximum atomic E-state index is 12.1. The summed E-state index contributed by atoms with van der Waals surface area (Å²) in [7, 11) is 0. The first-order chi connectivity index (χ1) is 10.2. The molecule has 4 heteroatoms. The molecular formula is C17H15N3O. The lowest BCUT2D eigenvalue weighted by Crippen LogP contribution is -2.23. The zero-order valence-electron chi connectivity index (χ0n) is 11.4. The molecule has 2 aromatic carbocycles. The summed E-state index contributed by atoms with van der Waals surface area (Å²) in [5.74, 6) is -0.167. The average Bonchev–Trinajstić information content (AvgIpc) is 2.53. The summed E-state index contributed by atoms with van der Waals surface area (Å²) in [5, 5.41) is 3.94. The largest absolute Gasteiger partial charge is 0.398 e. The van der Waals surface area contributed by atoms with Gasteiger partial charge in [-0.3, -0.25) is 9.78 Å². The van der Waals surface area contributed by atoms with Crippen molar-refractivity contribution in [1.29, 1.82) is 0 Å². The van der Waals surface area contributed by atoms with Crippen molar-refractivity contribution < 1.29 is 4.79 Å². The molecule has 0 aliphatic heterocycles. The van der Waals surface area contributed by atoms with E-state index < -0.39 is 0 Å². The van der Waals surface area contributed by atoms with Crippen molar-refractivity contribution in [3.8, 4) is 0 Å². The number of carbonyl (C=O) groups is 1. The lowest BCUT2D eigenvalue weighted by Gasteiger charge is -2.08. The second kappa shape index (κ2) is 5.63. The van der Waals surface area contributed by atoms with Crippen LogP contribution in [0.3, 0.4) is 0 Å². The number of rotatable bonds is 3. The number of amides is 1. The normalized spacial score (nSPS) is 10.5. The summed E-state index contributed by atoms with van der Waals surface area (Å²) in [4.78, 5) is 16.4. The summed E-state index contributed by atoms with van der Waals surface area (Å²) in [6.07, 6.45) is 1.77. The molecule has 0 radical (unpaired) electrons. The number of para-hydroxylation sites is 1. The standard InChI is InChI=1S/C17H15N3O/c18-15-6-2-1-5-14(15)17(21)20-11-12-7-8-16-13(10-12)4-3-9-19-16/h1-10H,11,18H2,(H,20,21). The lowest BCUT2D eigenvalue weighted by atomic mass is 10.1. The minimum Gasteiger partial charge on any atom is -0.398 e. The van der Waals surface area contributed by atoms with E-state index in [1.165, 1.54) is 0 Å². The highest BCUT2D eigenvalue weighted by atomic mass is 16.1. The van der Waals surface area contributed by atoms with Crippen LogP contribution in [0.1, 0.15) is 15.9 Å². The van der Waals surface area contributed by atoms with E-state index in [2.05, 4.69) is 10.3 Å². The Kier molecular flexibility index (Phi) is 3.51. The Hall–Kier alpha value is -2.88. The molecule has 0 spiro atoms. The van der Waals surface area contributed by atoms with Crippen LogP contribution < -0.4 is 11.1 Å². The molecule has 3 rings (SSSR count). The van der Waals surface area contributed by atoms with Gasteiger partial charge in [0.05, 0.1) is 11.1 Å². The number of carbonyl (C=O) groups excluding carboxylic acids is 1. The van der Waals surface area contributed by atoms with Gasteiger partial charge in [-0.2, -0.15) is 0 Å². The van der Waals surface area contributed by atoms with Crippen LogP contribution in [-0.2, 0) is 6.54 Å². The molecular weight excluding hydrogens is 262 g/mol. The van der Waals surface area contributed by atoms with Crippen LogP contribution >= 0.6 is 0 Å². The van der Waals surface area contributed by atoms with E-state index in [-0.39, 0.29) is 5.91 Å². The molecule has 1 amide bonds. The van der Waals surface area contributed by atoms with Gasteiger partial charge in [-0.15, -0.1) is 0 Å². The number of aromatic nitrogens is 1. The SMILES string of the molecule is Nc1ccccc1C(=O)NCc1ccc2ncccc2c1. The Morgan fingerprint density at radius 3 is 2.81 bits per heavy atom. The number of benzene rings is 2. The summed E-state index contributed by atoms with van der Waals surface area (Å²) in [5.41, 5.74) is 8.75. The molecule has 1 heterocycles. The number of fused-ring (bicyclic) bond motifs is 1. The summed E-state index contributed by atoms with van der Waals surface area (Å²) in [6.45, 7) is 0.456. The highest BCUT2D eigenvalue weighted by Gasteiger charge is 2.08. The van der Waals surface area contributed by atoms with Gasteiger partial charge < -0.3 is 11.1 Å². The molecule has 0 saturated carbocycles. The summed E-state index contributed by atoms with van der Waals surface area (Å²) < 4.78 is 0. The van der Waals surface area contributed by atoms with E-state index in [4.69, 9.17) is 5.73 Å². The monoisotopic (exact) mass is 277 g/mol. The van der Waals surface area contributed by atoms with Gasteiger partial charge in [0.15, 0.2) is 0 Å². The molecule has 4 nitrogen and oxygen atoms in total. The van der Waals surface area contributed by atoms with Crippen LogP contribution in [0.25, 0.3) is 10.9 Å². The van der Waals surface area contributed by atoms with Gasteiger partial charge in [-0.25, -0.2) is 0 Å². The Bertz CT molecular complexity index is 799. The van der Waals surface area contributed by atoms with E-state index in [1.54, 1.807) is 24.4 Å². The van der Waals surface area contributed by atoms with E-state index in [0.29, 0.717) is 17.8 Å². The summed E-state index contributed by atoms with van der Waals surface area (Å²) in [6, 6.07) is 16.9. The average molecular weight is 277 g/mol. The molecule has 0 fully saturated rings. The lowest BCUT2D eigenvalue weighted by molar-refractivity contribution is 0.0952. The smallest absolute Gasteiger partial charge is 0.253 e. The highest BCUT2D eigenvalue weighted by molar-refractivity contribution is 5.99. The zero-order valence-corrected chi connectivity index (χ0v) is 11.4. The first-order valence-electron chi connectivity index (χ1n) is 6.70. The molecule has 21 heavy (non-hydrogen) atoms. The second-order valence-electron chi connectivity index (χ2n) is 4.80. The van der Waals surface area contributed by atoms with Crippen LogP contribution in [-0.4, -0.2) is 10.9 Å². The Morgan fingerprint density at radius 2 is 1.95 bits per heavy atom. The van der Waals surface area contributed by atoms with E-state index in [1.807, 2.05) is 36.4 Å². The molecule has 0 unspecified atom stereocenters.